The zero-order valence-electron chi connectivity index (χ0n) is 9.53. The van der Waals surface area contributed by atoms with Crippen LogP contribution >= 0.6 is 0 Å². The van der Waals surface area contributed by atoms with E-state index in [1.54, 1.807) is 0 Å². The van der Waals surface area contributed by atoms with Crippen LogP contribution in [0.15, 0.2) is 36.4 Å². The fourth-order valence-electron chi connectivity index (χ4n) is 1.75. The molecule has 2 aromatic carbocycles. The van der Waals surface area contributed by atoms with E-state index in [1.807, 2.05) is 0 Å². The van der Waals surface area contributed by atoms with Crippen molar-refractivity contribution in [3.63, 3.8) is 0 Å². The Bertz CT molecular complexity index is 516. The summed E-state index contributed by atoms with van der Waals surface area (Å²) in [7, 11) is 0. The second kappa shape index (κ2) is 5.25. The molecule has 4 heteroatoms. The van der Waals surface area contributed by atoms with Gasteiger partial charge in [-0.25, -0.2) is 8.78 Å². The minimum atomic E-state index is -0.586. The molecule has 0 saturated heterocycles. The Balaban J connectivity index is 2.48. The Kier molecular flexibility index (Phi) is 3.69. The van der Waals surface area contributed by atoms with Crippen LogP contribution < -0.4 is 0 Å². The first-order valence-corrected chi connectivity index (χ1v) is 5.44. The van der Waals surface area contributed by atoms with Gasteiger partial charge in [-0.15, -0.1) is 0 Å². The highest BCUT2D eigenvalue weighted by Crippen LogP contribution is 2.27. The lowest BCUT2D eigenvalue weighted by Crippen LogP contribution is -1.93. The zero-order chi connectivity index (χ0) is 13.1. The standard InChI is InChI=1S/C14H12F2O2/c15-13-5-9(7-17)1-3-11(13)12-4-2-10(8-18)6-14(12)16/h1-6,17-18H,7-8H2. The van der Waals surface area contributed by atoms with E-state index >= 15 is 0 Å². The maximum Gasteiger partial charge on any atom is 0.131 e. The zero-order valence-corrected chi connectivity index (χ0v) is 9.53. The summed E-state index contributed by atoms with van der Waals surface area (Å²) in [5.74, 6) is -1.17. The van der Waals surface area contributed by atoms with Crippen molar-refractivity contribution in [1.82, 2.24) is 0 Å². The molecule has 0 aliphatic heterocycles. The van der Waals surface area contributed by atoms with Crippen LogP contribution in [-0.4, -0.2) is 10.2 Å². The largest absolute Gasteiger partial charge is 0.392 e. The molecule has 0 aliphatic rings. The monoisotopic (exact) mass is 250 g/mol. The molecule has 0 aromatic heterocycles. The average molecular weight is 250 g/mol. The number of aliphatic hydroxyl groups is 2. The van der Waals surface area contributed by atoms with Gasteiger partial charge >= 0.3 is 0 Å². The van der Waals surface area contributed by atoms with E-state index in [-0.39, 0.29) is 24.3 Å². The topological polar surface area (TPSA) is 40.5 Å². The normalized spacial score (nSPS) is 10.7. The molecular weight excluding hydrogens is 238 g/mol. The number of aliphatic hydroxyl groups excluding tert-OH is 2. The van der Waals surface area contributed by atoms with E-state index in [2.05, 4.69) is 0 Å². The number of halogens is 2. The highest BCUT2D eigenvalue weighted by atomic mass is 19.1. The minimum absolute atomic E-state index is 0.134. The highest BCUT2D eigenvalue weighted by molar-refractivity contribution is 5.65. The minimum Gasteiger partial charge on any atom is -0.392 e. The van der Waals surface area contributed by atoms with Gasteiger partial charge in [0, 0.05) is 11.1 Å². The average Bonchev–Trinajstić information content (AvgIpc) is 2.39. The van der Waals surface area contributed by atoms with Crippen LogP contribution in [0.25, 0.3) is 11.1 Å². The first kappa shape index (κ1) is 12.7. The lowest BCUT2D eigenvalue weighted by Gasteiger charge is -2.07. The third-order valence-corrected chi connectivity index (χ3v) is 2.72. The summed E-state index contributed by atoms with van der Waals surface area (Å²) in [4.78, 5) is 0. The SMILES string of the molecule is OCc1ccc(-c2ccc(CO)cc2F)c(F)c1. The molecule has 94 valence electrons. The number of hydrogen-bond acceptors (Lipinski definition) is 2. The Morgan fingerprint density at radius 3 is 1.39 bits per heavy atom. The maximum atomic E-state index is 13.8. The summed E-state index contributed by atoms with van der Waals surface area (Å²) in [6, 6.07) is 8.29. The first-order chi connectivity index (χ1) is 8.65. The lowest BCUT2D eigenvalue weighted by atomic mass is 10.0. The molecule has 0 heterocycles. The highest BCUT2D eigenvalue weighted by Gasteiger charge is 2.11. The summed E-state index contributed by atoms with van der Waals surface area (Å²) in [6.45, 7) is -0.522. The van der Waals surface area contributed by atoms with E-state index in [1.165, 1.54) is 36.4 Å². The van der Waals surface area contributed by atoms with Gasteiger partial charge in [-0.05, 0) is 23.3 Å². The summed E-state index contributed by atoms with van der Waals surface area (Å²) in [5.41, 5.74) is 1.13. The van der Waals surface area contributed by atoms with Gasteiger partial charge in [0.25, 0.3) is 0 Å². The van der Waals surface area contributed by atoms with E-state index in [0.29, 0.717) is 11.1 Å². The molecule has 0 aliphatic carbocycles. The molecule has 18 heavy (non-hydrogen) atoms. The smallest absolute Gasteiger partial charge is 0.131 e. The first-order valence-electron chi connectivity index (χ1n) is 5.44. The lowest BCUT2D eigenvalue weighted by molar-refractivity contribution is 0.281. The summed E-state index contributed by atoms with van der Waals surface area (Å²) >= 11 is 0. The van der Waals surface area contributed by atoms with Crippen molar-refractivity contribution in [2.24, 2.45) is 0 Å². The Labute approximate surface area is 103 Å². The summed E-state index contributed by atoms with van der Waals surface area (Å²) in [6.07, 6.45) is 0. The van der Waals surface area contributed by atoms with E-state index in [9.17, 15) is 8.78 Å². The molecule has 0 radical (unpaired) electrons. The predicted octanol–water partition coefficient (Wildman–Crippen LogP) is 2.62. The van der Waals surface area contributed by atoms with E-state index < -0.39 is 11.6 Å². The van der Waals surface area contributed by atoms with Gasteiger partial charge in [-0.1, -0.05) is 24.3 Å². The van der Waals surface area contributed by atoms with Crippen molar-refractivity contribution >= 4 is 0 Å². The number of hydrogen-bond donors (Lipinski definition) is 2. The second-order valence-electron chi connectivity index (χ2n) is 3.94. The van der Waals surface area contributed by atoms with Crippen molar-refractivity contribution in [2.75, 3.05) is 0 Å². The molecule has 0 amide bonds. The van der Waals surface area contributed by atoms with Gasteiger partial charge in [0.05, 0.1) is 13.2 Å². The van der Waals surface area contributed by atoms with Crippen LogP contribution in [0.3, 0.4) is 0 Å². The van der Waals surface area contributed by atoms with Crippen molar-refractivity contribution in [1.29, 1.82) is 0 Å². The Hall–Kier alpha value is -1.78. The molecule has 0 saturated carbocycles. The van der Waals surface area contributed by atoms with Gasteiger partial charge in [-0.3, -0.25) is 0 Å². The number of benzene rings is 2. The molecular formula is C14H12F2O2. The van der Waals surface area contributed by atoms with Gasteiger partial charge < -0.3 is 10.2 Å². The van der Waals surface area contributed by atoms with Crippen LogP contribution in [0.5, 0.6) is 0 Å². The molecule has 2 aromatic rings. The number of rotatable bonds is 3. The van der Waals surface area contributed by atoms with Crippen molar-refractivity contribution in [3.05, 3.63) is 59.2 Å². The quantitative estimate of drug-likeness (QED) is 0.879. The van der Waals surface area contributed by atoms with Gasteiger partial charge in [0.2, 0.25) is 0 Å². The van der Waals surface area contributed by atoms with Crippen LogP contribution in [-0.2, 0) is 13.2 Å². The molecule has 0 unspecified atom stereocenters. The Morgan fingerprint density at radius 2 is 1.11 bits per heavy atom. The van der Waals surface area contributed by atoms with Crippen molar-refractivity contribution < 1.29 is 19.0 Å². The second-order valence-corrected chi connectivity index (χ2v) is 3.94. The molecule has 0 atom stereocenters. The van der Waals surface area contributed by atoms with Crippen LogP contribution in [0.1, 0.15) is 11.1 Å². The third kappa shape index (κ3) is 2.39. The fourth-order valence-corrected chi connectivity index (χ4v) is 1.75. The van der Waals surface area contributed by atoms with Crippen LogP contribution in [0.2, 0.25) is 0 Å². The maximum absolute atomic E-state index is 13.8. The molecule has 0 spiro atoms. The summed E-state index contributed by atoms with van der Waals surface area (Å²) in [5, 5.41) is 17.8. The molecule has 2 nitrogen and oxygen atoms in total. The summed E-state index contributed by atoms with van der Waals surface area (Å²) < 4.78 is 27.5. The fraction of sp³-hybridized carbons (Fsp3) is 0.143. The molecule has 2 N–H and O–H groups in total. The van der Waals surface area contributed by atoms with Crippen LogP contribution in [0.4, 0.5) is 8.78 Å². The third-order valence-electron chi connectivity index (χ3n) is 2.72. The molecule has 0 bridgehead atoms. The van der Waals surface area contributed by atoms with Gasteiger partial charge in [0.15, 0.2) is 0 Å². The Morgan fingerprint density at radius 1 is 0.722 bits per heavy atom. The van der Waals surface area contributed by atoms with E-state index in [0.717, 1.165) is 0 Å². The predicted molar refractivity (Wildman–Crippen MR) is 63.6 cm³/mol. The van der Waals surface area contributed by atoms with E-state index in [4.69, 9.17) is 10.2 Å². The van der Waals surface area contributed by atoms with Crippen molar-refractivity contribution in [2.45, 2.75) is 13.2 Å². The molecule has 0 fully saturated rings. The van der Waals surface area contributed by atoms with Gasteiger partial charge in [-0.2, -0.15) is 0 Å². The molecule has 2 rings (SSSR count). The van der Waals surface area contributed by atoms with Crippen molar-refractivity contribution in [3.8, 4) is 11.1 Å². The van der Waals surface area contributed by atoms with Crippen LogP contribution in [0, 0.1) is 11.6 Å². The van der Waals surface area contributed by atoms with Gasteiger partial charge in [0.1, 0.15) is 11.6 Å².